The van der Waals surface area contributed by atoms with Gasteiger partial charge in [0.2, 0.25) is 0 Å². The fourth-order valence-electron chi connectivity index (χ4n) is 3.89. The molecule has 0 bridgehead atoms. The van der Waals surface area contributed by atoms with Crippen LogP contribution in [0.4, 0.5) is 0 Å². The van der Waals surface area contributed by atoms with Gasteiger partial charge in [0.1, 0.15) is 5.75 Å². The van der Waals surface area contributed by atoms with Gasteiger partial charge in [-0.3, -0.25) is 4.99 Å². The molecule has 0 aromatic heterocycles. The quantitative estimate of drug-likeness (QED) is 0.693. The van der Waals surface area contributed by atoms with Gasteiger partial charge in [-0.15, -0.1) is 0 Å². The molecule has 0 unspecified atom stereocenters. The molecular formula is C21H31NO2. The molecule has 1 aliphatic heterocycles. The molecule has 0 atom stereocenters. The second kappa shape index (κ2) is 7.10. The first-order valence-corrected chi connectivity index (χ1v) is 8.72. The van der Waals surface area contributed by atoms with Gasteiger partial charge in [-0.2, -0.15) is 0 Å². The van der Waals surface area contributed by atoms with Gasteiger partial charge in [0.25, 0.3) is 0 Å². The van der Waals surface area contributed by atoms with E-state index in [1.165, 1.54) is 0 Å². The van der Waals surface area contributed by atoms with Crippen molar-refractivity contribution in [1.29, 1.82) is 0 Å². The van der Waals surface area contributed by atoms with Crippen LogP contribution in [0.3, 0.4) is 0 Å². The molecule has 132 valence electrons. The van der Waals surface area contributed by atoms with Crippen LogP contribution in [0.5, 0.6) is 5.75 Å². The Hall–Kier alpha value is -1.61. The van der Waals surface area contributed by atoms with Gasteiger partial charge in [-0.05, 0) is 66.5 Å². The molecule has 0 N–H and O–H groups in total. The van der Waals surface area contributed by atoms with Crippen molar-refractivity contribution in [3.8, 4) is 5.75 Å². The molecule has 0 saturated carbocycles. The number of methoxy groups -OCH3 is 1. The summed E-state index contributed by atoms with van der Waals surface area (Å²) in [5.41, 5.74) is 2.92. The minimum absolute atomic E-state index is 0.130. The minimum atomic E-state index is -0.130. The Bertz CT molecular complexity index is 625. The number of para-hydroxylation sites is 1. The fourth-order valence-corrected chi connectivity index (χ4v) is 3.89. The Morgan fingerprint density at radius 2 is 1.75 bits per heavy atom. The van der Waals surface area contributed by atoms with Crippen LogP contribution in [0.25, 0.3) is 0 Å². The van der Waals surface area contributed by atoms with E-state index < -0.39 is 0 Å². The minimum Gasteiger partial charge on any atom is -0.496 e. The Labute approximate surface area is 146 Å². The van der Waals surface area contributed by atoms with Gasteiger partial charge in [0.15, 0.2) is 0 Å². The van der Waals surface area contributed by atoms with Crippen molar-refractivity contribution in [2.24, 2.45) is 10.9 Å². The zero-order valence-corrected chi connectivity index (χ0v) is 16.1. The molecule has 0 radical (unpaired) electrons. The van der Waals surface area contributed by atoms with Gasteiger partial charge in [0.05, 0.1) is 18.3 Å². The highest BCUT2D eigenvalue weighted by Gasteiger charge is 2.40. The standard InChI is InChI=1S/C21H31NO2/c1-8-18(16-13-20(3,4)24-21(5,6)14-16)22-15(2)17-11-9-10-12-19(17)23-7/h8-12,16H,13-14H2,1-7H3/b18-8-,22-15+. The second-order valence-corrected chi connectivity index (χ2v) is 7.84. The SMILES string of the molecule is C/C=C(\N=C(/C)c1ccccc1OC)C1CC(C)(C)OC(C)(C)C1. The van der Waals surface area contributed by atoms with Crippen LogP contribution in [0.1, 0.15) is 59.9 Å². The van der Waals surface area contributed by atoms with E-state index in [9.17, 15) is 0 Å². The van der Waals surface area contributed by atoms with Crippen LogP contribution in [-0.2, 0) is 4.74 Å². The molecule has 1 heterocycles. The molecule has 1 aliphatic rings. The first kappa shape index (κ1) is 18.7. The van der Waals surface area contributed by atoms with Crippen LogP contribution in [0.2, 0.25) is 0 Å². The largest absolute Gasteiger partial charge is 0.496 e. The summed E-state index contributed by atoms with van der Waals surface area (Å²) in [4.78, 5) is 4.97. The molecule has 3 nitrogen and oxygen atoms in total. The summed E-state index contributed by atoms with van der Waals surface area (Å²) in [6, 6.07) is 8.04. The lowest BCUT2D eigenvalue weighted by Crippen LogP contribution is -2.45. The van der Waals surface area contributed by atoms with Crippen LogP contribution < -0.4 is 4.74 Å². The molecule has 24 heavy (non-hydrogen) atoms. The molecule has 0 spiro atoms. The molecule has 1 aromatic carbocycles. The number of hydrogen-bond acceptors (Lipinski definition) is 3. The van der Waals surface area contributed by atoms with Crippen LogP contribution in [0.15, 0.2) is 41.0 Å². The molecule has 3 heteroatoms. The average molecular weight is 329 g/mol. The van der Waals surface area contributed by atoms with E-state index in [1.807, 2.05) is 18.2 Å². The van der Waals surface area contributed by atoms with E-state index in [-0.39, 0.29) is 11.2 Å². The predicted octanol–water partition coefficient (Wildman–Crippen LogP) is 5.39. The van der Waals surface area contributed by atoms with Crippen molar-refractivity contribution in [3.63, 3.8) is 0 Å². The highest BCUT2D eigenvalue weighted by atomic mass is 16.5. The van der Waals surface area contributed by atoms with Gasteiger partial charge in [-0.25, -0.2) is 0 Å². The number of nitrogens with zero attached hydrogens (tertiary/aromatic N) is 1. The fraction of sp³-hybridized carbons (Fsp3) is 0.571. The third-order valence-electron chi connectivity index (χ3n) is 4.54. The summed E-state index contributed by atoms with van der Waals surface area (Å²) in [6.07, 6.45) is 4.11. The van der Waals surface area contributed by atoms with Gasteiger partial charge in [-0.1, -0.05) is 18.2 Å². The highest BCUT2D eigenvalue weighted by molar-refractivity contribution is 6.01. The molecule has 0 aliphatic carbocycles. The lowest BCUT2D eigenvalue weighted by Gasteiger charge is -2.45. The summed E-state index contributed by atoms with van der Waals surface area (Å²) in [5.74, 6) is 1.26. The van der Waals surface area contributed by atoms with Crippen molar-refractivity contribution in [2.45, 2.75) is 65.6 Å². The summed E-state index contributed by atoms with van der Waals surface area (Å²) >= 11 is 0. The Balaban J connectivity index is 2.32. The van der Waals surface area contributed by atoms with E-state index in [2.05, 4.69) is 53.7 Å². The maximum absolute atomic E-state index is 6.22. The van der Waals surface area contributed by atoms with E-state index in [0.29, 0.717) is 5.92 Å². The van der Waals surface area contributed by atoms with E-state index in [1.54, 1.807) is 7.11 Å². The lowest BCUT2D eigenvalue weighted by atomic mass is 9.79. The maximum Gasteiger partial charge on any atom is 0.127 e. The maximum atomic E-state index is 6.22. The molecule has 1 saturated heterocycles. The van der Waals surface area contributed by atoms with Crippen molar-refractivity contribution < 1.29 is 9.47 Å². The first-order chi connectivity index (χ1) is 11.2. The third-order valence-corrected chi connectivity index (χ3v) is 4.54. The van der Waals surface area contributed by atoms with Crippen molar-refractivity contribution in [1.82, 2.24) is 0 Å². The third kappa shape index (κ3) is 4.47. The number of allylic oxidation sites excluding steroid dienone is 2. The van der Waals surface area contributed by atoms with E-state index in [4.69, 9.17) is 14.5 Å². The van der Waals surface area contributed by atoms with Gasteiger partial charge in [0, 0.05) is 22.9 Å². The number of ether oxygens (including phenoxy) is 2. The predicted molar refractivity (Wildman–Crippen MR) is 101 cm³/mol. The number of aliphatic imine (C=N–C) groups is 1. The normalized spacial score (nSPS) is 21.6. The lowest BCUT2D eigenvalue weighted by molar-refractivity contribution is -0.167. The smallest absolute Gasteiger partial charge is 0.127 e. The summed E-state index contributed by atoms with van der Waals surface area (Å²) < 4.78 is 11.7. The number of benzene rings is 1. The Morgan fingerprint density at radius 3 is 2.29 bits per heavy atom. The Morgan fingerprint density at radius 1 is 1.17 bits per heavy atom. The molecule has 1 aromatic rings. The average Bonchev–Trinajstić information content (AvgIpc) is 2.49. The van der Waals surface area contributed by atoms with E-state index >= 15 is 0 Å². The summed E-state index contributed by atoms with van der Waals surface area (Å²) in [5, 5.41) is 0. The summed E-state index contributed by atoms with van der Waals surface area (Å²) in [6.45, 7) is 12.8. The summed E-state index contributed by atoms with van der Waals surface area (Å²) in [7, 11) is 1.70. The van der Waals surface area contributed by atoms with Crippen molar-refractivity contribution in [3.05, 3.63) is 41.6 Å². The molecular weight excluding hydrogens is 298 g/mol. The van der Waals surface area contributed by atoms with Gasteiger partial charge < -0.3 is 9.47 Å². The molecule has 2 rings (SSSR count). The van der Waals surface area contributed by atoms with Crippen molar-refractivity contribution in [2.75, 3.05) is 7.11 Å². The van der Waals surface area contributed by atoms with Crippen LogP contribution in [-0.4, -0.2) is 24.0 Å². The molecule has 0 amide bonds. The first-order valence-electron chi connectivity index (χ1n) is 8.72. The Kier molecular flexibility index (Phi) is 5.54. The molecule has 1 fully saturated rings. The second-order valence-electron chi connectivity index (χ2n) is 7.84. The van der Waals surface area contributed by atoms with Crippen molar-refractivity contribution >= 4 is 5.71 Å². The van der Waals surface area contributed by atoms with Crippen LogP contribution in [0, 0.1) is 5.92 Å². The van der Waals surface area contributed by atoms with E-state index in [0.717, 1.165) is 35.6 Å². The van der Waals surface area contributed by atoms with Gasteiger partial charge >= 0.3 is 0 Å². The van der Waals surface area contributed by atoms with Crippen LogP contribution >= 0.6 is 0 Å². The monoisotopic (exact) mass is 329 g/mol. The number of rotatable bonds is 4. The number of hydrogen-bond donors (Lipinski definition) is 0. The zero-order chi connectivity index (χ0) is 18.0. The topological polar surface area (TPSA) is 30.8 Å². The highest BCUT2D eigenvalue weighted by Crippen LogP contribution is 2.42. The zero-order valence-electron chi connectivity index (χ0n) is 16.1.